The van der Waals surface area contributed by atoms with Crippen LogP contribution < -0.4 is 0 Å². The molecular weight excluding hydrogens is 206 g/mol. The summed E-state index contributed by atoms with van der Waals surface area (Å²) in [6.45, 7) is 1.16. The van der Waals surface area contributed by atoms with Crippen molar-refractivity contribution in [3.05, 3.63) is 0 Å². The average Bonchev–Trinajstić information content (AvgIpc) is 2.55. The minimum absolute atomic E-state index is 0.0287. The first-order valence-corrected chi connectivity index (χ1v) is 6.61. The maximum Gasteiger partial charge on any atom is 0.154 e. The number of nitrogens with zero attached hydrogens (tertiary/aromatic N) is 1. The largest absolute Gasteiger partial charge is 0.392 e. The van der Waals surface area contributed by atoms with E-state index in [1.807, 2.05) is 4.90 Å². The Morgan fingerprint density at radius 1 is 1.21 bits per heavy atom. The molecule has 0 saturated carbocycles. The van der Waals surface area contributed by atoms with Gasteiger partial charge < -0.3 is 10.2 Å². The van der Waals surface area contributed by atoms with Crippen molar-refractivity contribution in [2.24, 2.45) is 0 Å². The molecule has 5 nitrogen and oxygen atoms in total. The van der Waals surface area contributed by atoms with Gasteiger partial charge in [0.05, 0.1) is 29.8 Å². The molecule has 2 heterocycles. The first-order chi connectivity index (χ1) is 6.48. The lowest BCUT2D eigenvalue weighted by atomic mass is 10.2. The standard InChI is InChI=1S/C8H15NO4S/c10-6-1-2-9(3-6)7-4-14(12,13)5-8(7)11/h6-8,10-11H,1-5H2/t6-,7?,8?/m0/s1. The molecule has 6 heteroatoms. The molecule has 0 amide bonds. The van der Waals surface area contributed by atoms with Gasteiger partial charge in [-0.15, -0.1) is 0 Å². The van der Waals surface area contributed by atoms with Gasteiger partial charge in [-0.1, -0.05) is 0 Å². The zero-order valence-corrected chi connectivity index (χ0v) is 8.65. The molecule has 2 fully saturated rings. The summed E-state index contributed by atoms with van der Waals surface area (Å²) in [5.41, 5.74) is 0. The quantitative estimate of drug-likeness (QED) is 0.547. The van der Waals surface area contributed by atoms with Crippen molar-refractivity contribution in [1.82, 2.24) is 4.90 Å². The molecule has 2 aliphatic rings. The van der Waals surface area contributed by atoms with Crippen molar-refractivity contribution in [2.45, 2.75) is 24.7 Å². The Morgan fingerprint density at radius 3 is 2.36 bits per heavy atom. The number of sulfone groups is 1. The summed E-state index contributed by atoms with van der Waals surface area (Å²) < 4.78 is 22.5. The molecule has 2 N–H and O–H groups in total. The van der Waals surface area contributed by atoms with Gasteiger partial charge in [0.2, 0.25) is 0 Å². The molecule has 0 aromatic heterocycles. The van der Waals surface area contributed by atoms with Crippen LogP contribution in [-0.4, -0.2) is 66.4 Å². The van der Waals surface area contributed by atoms with Gasteiger partial charge >= 0.3 is 0 Å². The summed E-state index contributed by atoms with van der Waals surface area (Å²) in [5, 5.41) is 18.9. The lowest BCUT2D eigenvalue weighted by Gasteiger charge is -2.24. The summed E-state index contributed by atoms with van der Waals surface area (Å²) >= 11 is 0. The predicted molar refractivity (Wildman–Crippen MR) is 50.6 cm³/mol. The van der Waals surface area contributed by atoms with E-state index in [2.05, 4.69) is 0 Å². The number of likely N-dealkylation sites (tertiary alicyclic amines) is 1. The first-order valence-electron chi connectivity index (χ1n) is 4.78. The van der Waals surface area contributed by atoms with E-state index in [0.717, 1.165) is 0 Å². The Bertz CT molecular complexity index is 315. The molecule has 2 aliphatic heterocycles. The monoisotopic (exact) mass is 221 g/mol. The van der Waals surface area contributed by atoms with Gasteiger partial charge in [-0.25, -0.2) is 8.42 Å². The fraction of sp³-hybridized carbons (Fsp3) is 1.00. The highest BCUT2D eigenvalue weighted by atomic mass is 32.2. The Hall–Kier alpha value is -0.170. The molecule has 2 saturated heterocycles. The maximum absolute atomic E-state index is 11.2. The lowest BCUT2D eigenvalue weighted by molar-refractivity contribution is 0.0868. The smallest absolute Gasteiger partial charge is 0.154 e. The molecule has 0 aromatic carbocycles. The summed E-state index contributed by atoms with van der Waals surface area (Å²) in [6.07, 6.45) is -0.487. The van der Waals surface area contributed by atoms with E-state index in [9.17, 15) is 18.6 Å². The second-order valence-electron chi connectivity index (χ2n) is 4.15. The molecule has 3 atom stereocenters. The molecule has 0 aromatic rings. The molecule has 82 valence electrons. The molecule has 0 spiro atoms. The topological polar surface area (TPSA) is 77.8 Å². The Kier molecular flexibility index (Phi) is 2.55. The maximum atomic E-state index is 11.2. The zero-order chi connectivity index (χ0) is 10.3. The highest BCUT2D eigenvalue weighted by molar-refractivity contribution is 7.91. The summed E-state index contributed by atoms with van der Waals surface area (Å²) in [5.74, 6) is -0.106. The van der Waals surface area contributed by atoms with E-state index in [1.54, 1.807) is 0 Å². The van der Waals surface area contributed by atoms with Crippen LogP contribution in [0.1, 0.15) is 6.42 Å². The molecule has 0 bridgehead atoms. The molecular formula is C8H15NO4S. The average molecular weight is 221 g/mol. The number of rotatable bonds is 1. The van der Waals surface area contributed by atoms with Crippen LogP contribution in [0.15, 0.2) is 0 Å². The predicted octanol–water partition coefficient (Wildman–Crippen LogP) is -1.79. The van der Waals surface area contributed by atoms with Gasteiger partial charge in [0.25, 0.3) is 0 Å². The van der Waals surface area contributed by atoms with Crippen molar-refractivity contribution >= 4 is 9.84 Å². The summed E-state index contributed by atoms with van der Waals surface area (Å²) in [6, 6.07) is -0.308. The van der Waals surface area contributed by atoms with E-state index < -0.39 is 15.9 Å². The van der Waals surface area contributed by atoms with Gasteiger partial charge in [-0.2, -0.15) is 0 Å². The van der Waals surface area contributed by atoms with Gasteiger partial charge in [0.1, 0.15) is 0 Å². The molecule has 2 rings (SSSR count). The highest BCUT2D eigenvalue weighted by Gasteiger charge is 2.41. The number of aliphatic hydroxyl groups is 2. The lowest BCUT2D eigenvalue weighted by Crippen LogP contribution is -2.42. The van der Waals surface area contributed by atoms with E-state index >= 15 is 0 Å². The Morgan fingerprint density at radius 2 is 1.93 bits per heavy atom. The summed E-state index contributed by atoms with van der Waals surface area (Å²) in [7, 11) is -3.07. The second kappa shape index (κ2) is 3.44. The fourth-order valence-electron chi connectivity index (χ4n) is 2.23. The van der Waals surface area contributed by atoms with E-state index in [4.69, 9.17) is 0 Å². The fourth-order valence-corrected chi connectivity index (χ4v) is 4.06. The minimum Gasteiger partial charge on any atom is -0.392 e. The van der Waals surface area contributed by atoms with Crippen molar-refractivity contribution in [3.63, 3.8) is 0 Å². The van der Waals surface area contributed by atoms with E-state index in [0.29, 0.717) is 19.5 Å². The molecule has 0 radical (unpaired) electrons. The molecule has 0 aliphatic carbocycles. The number of β-amino-alcohol motifs (C(OH)–C–C–N with tert-alkyl or cyclic N) is 1. The highest BCUT2D eigenvalue weighted by Crippen LogP contribution is 2.22. The van der Waals surface area contributed by atoms with Crippen molar-refractivity contribution in [1.29, 1.82) is 0 Å². The van der Waals surface area contributed by atoms with Crippen molar-refractivity contribution in [3.8, 4) is 0 Å². The van der Waals surface area contributed by atoms with Crippen LogP contribution in [0.4, 0.5) is 0 Å². The van der Waals surface area contributed by atoms with Crippen LogP contribution in [0.3, 0.4) is 0 Å². The third-order valence-electron chi connectivity index (χ3n) is 2.96. The van der Waals surface area contributed by atoms with Gasteiger partial charge in [-0.05, 0) is 6.42 Å². The number of hydrogen-bond acceptors (Lipinski definition) is 5. The Labute approximate surface area is 83.3 Å². The van der Waals surface area contributed by atoms with Crippen molar-refractivity contribution in [2.75, 3.05) is 24.6 Å². The van der Waals surface area contributed by atoms with Crippen LogP contribution in [0.5, 0.6) is 0 Å². The molecule has 14 heavy (non-hydrogen) atoms. The molecule has 2 unspecified atom stereocenters. The van der Waals surface area contributed by atoms with Gasteiger partial charge in [0, 0.05) is 13.1 Å². The van der Waals surface area contributed by atoms with Gasteiger partial charge in [-0.3, -0.25) is 4.90 Å². The first kappa shape index (κ1) is 10.4. The third-order valence-corrected chi connectivity index (χ3v) is 4.66. The van der Waals surface area contributed by atoms with Crippen LogP contribution in [0, 0.1) is 0 Å². The number of hydrogen-bond donors (Lipinski definition) is 2. The van der Waals surface area contributed by atoms with E-state index in [1.165, 1.54) is 0 Å². The van der Waals surface area contributed by atoms with Crippen LogP contribution >= 0.6 is 0 Å². The normalized spacial score (nSPS) is 43.1. The zero-order valence-electron chi connectivity index (χ0n) is 7.83. The van der Waals surface area contributed by atoms with Crippen LogP contribution in [0.2, 0.25) is 0 Å². The van der Waals surface area contributed by atoms with E-state index in [-0.39, 0.29) is 23.7 Å². The minimum atomic E-state index is -3.07. The van der Waals surface area contributed by atoms with Gasteiger partial charge in [0.15, 0.2) is 9.84 Å². The second-order valence-corrected chi connectivity index (χ2v) is 6.30. The Balaban J connectivity index is 2.06. The SMILES string of the molecule is O=S1(=O)CC(O)C(N2CC[C@H](O)C2)C1. The third kappa shape index (κ3) is 1.93. The van der Waals surface area contributed by atoms with Crippen LogP contribution in [-0.2, 0) is 9.84 Å². The van der Waals surface area contributed by atoms with Crippen molar-refractivity contribution < 1.29 is 18.6 Å². The van der Waals surface area contributed by atoms with Crippen LogP contribution in [0.25, 0.3) is 0 Å². The number of aliphatic hydroxyl groups excluding tert-OH is 2. The summed E-state index contributed by atoms with van der Waals surface area (Å²) in [4.78, 5) is 1.87.